The summed E-state index contributed by atoms with van der Waals surface area (Å²) in [4.78, 5) is 35.4. The number of fused-ring (bicyclic) bond motifs is 3. The van der Waals surface area contributed by atoms with Crippen LogP contribution >= 0.6 is 0 Å². The molecule has 2 aromatic carbocycles. The van der Waals surface area contributed by atoms with Gasteiger partial charge in [-0.3, -0.25) is 9.48 Å². The molecule has 1 aromatic heterocycles. The van der Waals surface area contributed by atoms with E-state index >= 15 is 0 Å². The number of carbonyl (C=O) groups excluding carboxylic acids is 2. The standard InChI is InChI=1S/C24H24N4O5/c1-28-13-20(22(27-28)23(30)31)26-21(29)11-6-12-25-24(32)33-14-19-17-9-4-2-7-15(17)16-8-3-5-10-18(16)19/h2-5,7-10,13,19H,6,11-12,14H2,1H3,(H,25,32)(H,26,29)(H,30,31). The third kappa shape index (κ3) is 4.87. The van der Waals surface area contributed by atoms with Crippen LogP contribution in [0.15, 0.2) is 54.7 Å². The fraction of sp³-hybridized carbons (Fsp3) is 0.250. The minimum Gasteiger partial charge on any atom is -0.476 e. The molecule has 0 saturated heterocycles. The zero-order valence-electron chi connectivity index (χ0n) is 18.1. The van der Waals surface area contributed by atoms with Crippen LogP contribution in [0.2, 0.25) is 0 Å². The summed E-state index contributed by atoms with van der Waals surface area (Å²) in [6, 6.07) is 16.2. The number of hydrogen-bond acceptors (Lipinski definition) is 5. The lowest BCUT2D eigenvalue weighted by molar-refractivity contribution is -0.116. The second-order valence-electron chi connectivity index (χ2n) is 7.77. The Kier molecular flexibility index (Phi) is 6.39. The lowest BCUT2D eigenvalue weighted by Crippen LogP contribution is -2.27. The zero-order chi connectivity index (χ0) is 23.4. The molecule has 0 bridgehead atoms. The molecule has 0 radical (unpaired) electrons. The van der Waals surface area contributed by atoms with Crippen LogP contribution in [0, 0.1) is 0 Å². The normalized spacial score (nSPS) is 12.0. The molecule has 33 heavy (non-hydrogen) atoms. The fourth-order valence-corrected chi connectivity index (χ4v) is 4.04. The number of anilines is 1. The highest BCUT2D eigenvalue weighted by Crippen LogP contribution is 2.44. The van der Waals surface area contributed by atoms with Gasteiger partial charge in [-0.25, -0.2) is 9.59 Å². The Balaban J connectivity index is 1.22. The molecule has 0 saturated carbocycles. The van der Waals surface area contributed by atoms with Gasteiger partial charge in [-0.15, -0.1) is 0 Å². The number of nitrogens with one attached hydrogen (secondary N) is 2. The smallest absolute Gasteiger partial charge is 0.407 e. The summed E-state index contributed by atoms with van der Waals surface area (Å²) in [5.74, 6) is -1.60. The van der Waals surface area contributed by atoms with Crippen LogP contribution in [-0.2, 0) is 16.6 Å². The SMILES string of the molecule is Cn1cc(NC(=O)CCCNC(=O)OCC2c3ccccc3-c3ccccc32)c(C(=O)O)n1. The van der Waals surface area contributed by atoms with Gasteiger partial charge in [0.25, 0.3) is 0 Å². The lowest BCUT2D eigenvalue weighted by atomic mass is 9.98. The first kappa shape index (κ1) is 22.1. The van der Waals surface area contributed by atoms with Gasteiger partial charge in [0.15, 0.2) is 5.69 Å². The molecule has 9 heteroatoms. The van der Waals surface area contributed by atoms with Gasteiger partial charge in [0.1, 0.15) is 6.61 Å². The number of carboxylic acids is 1. The van der Waals surface area contributed by atoms with Gasteiger partial charge in [0.2, 0.25) is 5.91 Å². The number of ether oxygens (including phenoxy) is 1. The number of alkyl carbamates (subject to hydrolysis) is 1. The number of benzene rings is 2. The second kappa shape index (κ2) is 9.56. The predicted molar refractivity (Wildman–Crippen MR) is 121 cm³/mol. The van der Waals surface area contributed by atoms with Crippen molar-refractivity contribution < 1.29 is 24.2 Å². The topological polar surface area (TPSA) is 123 Å². The number of carboxylic acid groups (broad SMARTS) is 1. The van der Waals surface area contributed by atoms with Crippen molar-refractivity contribution in [2.45, 2.75) is 18.8 Å². The third-order valence-corrected chi connectivity index (χ3v) is 5.50. The number of nitrogens with zero attached hydrogens (tertiary/aromatic N) is 2. The minimum atomic E-state index is -1.22. The molecule has 170 valence electrons. The van der Waals surface area contributed by atoms with E-state index in [0.29, 0.717) is 6.42 Å². The van der Waals surface area contributed by atoms with Crippen molar-refractivity contribution in [3.8, 4) is 11.1 Å². The van der Waals surface area contributed by atoms with Crippen molar-refractivity contribution in [2.24, 2.45) is 7.05 Å². The highest BCUT2D eigenvalue weighted by molar-refractivity contribution is 5.99. The molecule has 3 N–H and O–H groups in total. The van der Waals surface area contributed by atoms with Crippen LogP contribution in [0.5, 0.6) is 0 Å². The van der Waals surface area contributed by atoms with Crippen LogP contribution in [0.3, 0.4) is 0 Å². The summed E-state index contributed by atoms with van der Waals surface area (Å²) >= 11 is 0. The van der Waals surface area contributed by atoms with Gasteiger partial charge in [-0.05, 0) is 28.7 Å². The summed E-state index contributed by atoms with van der Waals surface area (Å²) < 4.78 is 6.78. The molecule has 1 aliphatic rings. The quantitative estimate of drug-likeness (QED) is 0.454. The maximum atomic E-state index is 12.2. The van der Waals surface area contributed by atoms with E-state index in [1.807, 2.05) is 24.3 Å². The third-order valence-electron chi connectivity index (χ3n) is 5.50. The number of aromatic carboxylic acids is 1. The monoisotopic (exact) mass is 448 g/mol. The maximum absolute atomic E-state index is 12.2. The van der Waals surface area contributed by atoms with Crippen LogP contribution in [0.25, 0.3) is 11.1 Å². The molecule has 0 aliphatic heterocycles. The molecule has 4 rings (SSSR count). The molecule has 0 spiro atoms. The Morgan fingerprint density at radius 2 is 1.70 bits per heavy atom. The molecule has 0 atom stereocenters. The first-order valence-electron chi connectivity index (χ1n) is 10.6. The Hall–Kier alpha value is -4.14. The van der Waals surface area contributed by atoms with Crippen molar-refractivity contribution in [2.75, 3.05) is 18.5 Å². The second-order valence-corrected chi connectivity index (χ2v) is 7.77. The molecular weight excluding hydrogens is 424 g/mol. The molecule has 1 aliphatic carbocycles. The van der Waals surface area contributed by atoms with Crippen LogP contribution < -0.4 is 10.6 Å². The number of aromatic nitrogens is 2. The van der Waals surface area contributed by atoms with Crippen molar-refractivity contribution >= 4 is 23.7 Å². The number of amides is 2. The summed E-state index contributed by atoms with van der Waals surface area (Å²) in [6.07, 6.45) is 1.37. The van der Waals surface area contributed by atoms with E-state index in [9.17, 15) is 14.4 Å². The zero-order valence-corrected chi connectivity index (χ0v) is 18.1. The number of hydrogen-bond donors (Lipinski definition) is 3. The fourth-order valence-electron chi connectivity index (χ4n) is 4.04. The van der Waals surface area contributed by atoms with Crippen molar-refractivity contribution in [3.63, 3.8) is 0 Å². The van der Waals surface area contributed by atoms with Crippen LogP contribution in [-0.4, -0.2) is 46.0 Å². The first-order valence-corrected chi connectivity index (χ1v) is 10.6. The highest BCUT2D eigenvalue weighted by Gasteiger charge is 2.29. The number of carbonyl (C=O) groups is 3. The summed E-state index contributed by atoms with van der Waals surface area (Å²) in [6.45, 7) is 0.474. The van der Waals surface area contributed by atoms with Crippen molar-refractivity contribution in [1.82, 2.24) is 15.1 Å². The van der Waals surface area contributed by atoms with E-state index in [1.165, 1.54) is 10.9 Å². The molecule has 3 aromatic rings. The van der Waals surface area contributed by atoms with Crippen LogP contribution in [0.4, 0.5) is 10.5 Å². The van der Waals surface area contributed by atoms with E-state index < -0.39 is 12.1 Å². The first-order chi connectivity index (χ1) is 15.9. The average Bonchev–Trinajstić information content (AvgIpc) is 3.33. The van der Waals surface area contributed by atoms with E-state index in [-0.39, 0.29) is 42.8 Å². The molecular formula is C24H24N4O5. The molecule has 0 fully saturated rings. The van der Waals surface area contributed by atoms with Gasteiger partial charge in [-0.1, -0.05) is 48.5 Å². The Labute approximate surface area is 190 Å². The van der Waals surface area contributed by atoms with Crippen molar-refractivity contribution in [1.29, 1.82) is 0 Å². The summed E-state index contributed by atoms with van der Waals surface area (Å²) in [7, 11) is 1.57. The molecule has 0 unspecified atom stereocenters. The Morgan fingerprint density at radius 3 is 2.33 bits per heavy atom. The van der Waals surface area contributed by atoms with E-state index in [2.05, 4.69) is 40.0 Å². The predicted octanol–water partition coefficient (Wildman–Crippen LogP) is 3.38. The van der Waals surface area contributed by atoms with Gasteiger partial charge < -0.3 is 20.5 Å². The molecule has 2 amide bonds. The molecule has 1 heterocycles. The maximum Gasteiger partial charge on any atom is 0.407 e. The van der Waals surface area contributed by atoms with E-state index in [4.69, 9.17) is 9.84 Å². The van der Waals surface area contributed by atoms with Crippen molar-refractivity contribution in [3.05, 3.63) is 71.5 Å². The number of aryl methyl sites for hydroxylation is 1. The summed E-state index contributed by atoms with van der Waals surface area (Å²) in [5, 5.41) is 18.1. The largest absolute Gasteiger partial charge is 0.476 e. The van der Waals surface area contributed by atoms with Gasteiger partial charge in [-0.2, -0.15) is 5.10 Å². The highest BCUT2D eigenvalue weighted by atomic mass is 16.5. The molecule has 9 nitrogen and oxygen atoms in total. The van der Waals surface area contributed by atoms with Gasteiger partial charge in [0.05, 0.1) is 5.69 Å². The van der Waals surface area contributed by atoms with Gasteiger partial charge in [0, 0.05) is 32.1 Å². The number of rotatable bonds is 8. The summed E-state index contributed by atoms with van der Waals surface area (Å²) in [5.41, 5.74) is 4.52. The van der Waals surface area contributed by atoms with Gasteiger partial charge >= 0.3 is 12.1 Å². The Bertz CT molecular complexity index is 1160. The minimum absolute atomic E-state index is 0.0168. The Morgan fingerprint density at radius 1 is 1.06 bits per heavy atom. The van der Waals surface area contributed by atoms with E-state index in [1.54, 1.807) is 7.05 Å². The average molecular weight is 448 g/mol. The lowest BCUT2D eigenvalue weighted by Gasteiger charge is -2.14. The van der Waals surface area contributed by atoms with E-state index in [0.717, 1.165) is 22.3 Å². The van der Waals surface area contributed by atoms with Crippen LogP contribution in [0.1, 0.15) is 40.4 Å².